The summed E-state index contributed by atoms with van der Waals surface area (Å²) in [5.41, 5.74) is 0.667. The zero-order chi connectivity index (χ0) is 18.3. The molecule has 1 heterocycles. The summed E-state index contributed by atoms with van der Waals surface area (Å²) in [5.74, 6) is 2.28. The summed E-state index contributed by atoms with van der Waals surface area (Å²) in [6.45, 7) is 10.4. The zero-order valence-electron chi connectivity index (χ0n) is 15.4. The van der Waals surface area contributed by atoms with E-state index in [1.807, 2.05) is 45.9 Å². The lowest BCUT2D eigenvalue weighted by atomic mass is 9.96. The number of benzene rings is 1. The third kappa shape index (κ3) is 5.85. The van der Waals surface area contributed by atoms with E-state index in [0.717, 1.165) is 23.6 Å². The van der Waals surface area contributed by atoms with Gasteiger partial charge in [-0.25, -0.2) is 4.99 Å². The van der Waals surface area contributed by atoms with Crippen molar-refractivity contribution in [1.29, 1.82) is 0 Å². The molecular formula is C18H28N4O3. The quantitative estimate of drug-likeness (QED) is 0.413. The topological polar surface area (TPSA) is 84.0 Å². The van der Waals surface area contributed by atoms with Crippen LogP contribution in [-0.4, -0.2) is 38.3 Å². The molecular weight excluding hydrogens is 320 g/mol. The van der Waals surface area contributed by atoms with Crippen molar-refractivity contribution in [3.63, 3.8) is 0 Å². The molecule has 3 N–H and O–H groups in total. The smallest absolute Gasteiger partial charge is 0.231 e. The molecule has 0 saturated heterocycles. The summed E-state index contributed by atoms with van der Waals surface area (Å²) in [6.07, 6.45) is 0. The fourth-order valence-electron chi connectivity index (χ4n) is 2.17. The van der Waals surface area contributed by atoms with Gasteiger partial charge in [0, 0.05) is 25.0 Å². The van der Waals surface area contributed by atoms with Crippen LogP contribution in [-0.2, 0) is 11.3 Å². The van der Waals surface area contributed by atoms with Gasteiger partial charge in [0.25, 0.3) is 0 Å². The summed E-state index contributed by atoms with van der Waals surface area (Å²) in [5, 5.41) is 9.32. The normalized spacial score (nSPS) is 13.5. The number of hydrogen-bond acceptors (Lipinski definition) is 4. The molecule has 1 aliphatic rings. The molecule has 0 aliphatic carbocycles. The van der Waals surface area contributed by atoms with Gasteiger partial charge in [-0.15, -0.1) is 0 Å². The van der Waals surface area contributed by atoms with Gasteiger partial charge in [-0.05, 0) is 24.6 Å². The lowest BCUT2D eigenvalue weighted by Gasteiger charge is -2.18. The second-order valence-corrected chi connectivity index (χ2v) is 6.82. The van der Waals surface area contributed by atoms with Crippen LogP contribution in [0.4, 0.5) is 0 Å². The number of ether oxygens (including phenoxy) is 2. The number of fused-ring (bicyclic) bond motifs is 1. The first-order chi connectivity index (χ1) is 11.9. The Morgan fingerprint density at radius 2 is 1.84 bits per heavy atom. The second-order valence-electron chi connectivity index (χ2n) is 6.82. The number of amides is 1. The maximum atomic E-state index is 11.8. The number of hydrogen-bond donors (Lipinski definition) is 3. The van der Waals surface area contributed by atoms with Crippen molar-refractivity contribution in [2.24, 2.45) is 10.4 Å². The molecule has 1 aliphatic heterocycles. The average molecular weight is 348 g/mol. The maximum Gasteiger partial charge on any atom is 0.231 e. The summed E-state index contributed by atoms with van der Waals surface area (Å²) >= 11 is 0. The Morgan fingerprint density at radius 1 is 1.12 bits per heavy atom. The number of rotatable bonds is 6. The molecule has 0 fully saturated rings. The highest BCUT2D eigenvalue weighted by atomic mass is 16.7. The van der Waals surface area contributed by atoms with Crippen molar-refractivity contribution in [3.8, 4) is 11.5 Å². The third-order valence-electron chi connectivity index (χ3n) is 3.59. The number of carbonyl (C=O) groups excluding carboxylic acids is 1. The number of nitrogens with one attached hydrogen (secondary N) is 3. The van der Waals surface area contributed by atoms with Crippen molar-refractivity contribution < 1.29 is 14.3 Å². The molecule has 0 unspecified atom stereocenters. The molecule has 7 nitrogen and oxygen atoms in total. The van der Waals surface area contributed by atoms with Gasteiger partial charge in [-0.1, -0.05) is 26.8 Å². The molecule has 7 heteroatoms. The first kappa shape index (κ1) is 18.9. The Bertz CT molecular complexity index is 623. The summed E-state index contributed by atoms with van der Waals surface area (Å²) < 4.78 is 10.7. The number of carbonyl (C=O) groups is 1. The van der Waals surface area contributed by atoms with Gasteiger partial charge < -0.3 is 25.4 Å². The molecule has 1 aromatic carbocycles. The fourth-order valence-corrected chi connectivity index (χ4v) is 2.17. The Balaban J connectivity index is 1.83. The maximum absolute atomic E-state index is 11.8. The second kappa shape index (κ2) is 8.60. The number of aliphatic imine (C=N–C) groups is 1. The van der Waals surface area contributed by atoms with Crippen molar-refractivity contribution in [2.45, 2.75) is 34.2 Å². The average Bonchev–Trinajstić information content (AvgIpc) is 3.02. The van der Waals surface area contributed by atoms with Crippen LogP contribution in [0.3, 0.4) is 0 Å². The molecule has 0 saturated carbocycles. The Labute approximate surface area is 149 Å². The van der Waals surface area contributed by atoms with Gasteiger partial charge in [0.2, 0.25) is 12.7 Å². The molecule has 1 amide bonds. The van der Waals surface area contributed by atoms with Crippen LogP contribution in [0.1, 0.15) is 33.3 Å². The van der Waals surface area contributed by atoms with E-state index >= 15 is 0 Å². The largest absolute Gasteiger partial charge is 0.454 e. The van der Waals surface area contributed by atoms with Gasteiger partial charge in [-0.3, -0.25) is 4.79 Å². The molecule has 0 spiro atoms. The molecule has 0 bridgehead atoms. The molecule has 0 radical (unpaired) electrons. The van der Waals surface area contributed by atoms with Crippen molar-refractivity contribution in [2.75, 3.05) is 26.4 Å². The minimum atomic E-state index is -0.377. The number of nitrogens with zero attached hydrogens (tertiary/aromatic N) is 1. The lowest BCUT2D eigenvalue weighted by Crippen LogP contribution is -2.43. The standard InChI is InChI=1S/C18H28N4O3/c1-5-19-17(21-9-8-20-16(23)18(2,3)4)22-11-13-6-7-14-15(10-13)25-12-24-14/h6-7,10H,5,8-9,11-12H2,1-4H3,(H,20,23)(H2,19,21,22). The summed E-state index contributed by atoms with van der Waals surface area (Å²) in [4.78, 5) is 16.4. The van der Waals surface area contributed by atoms with Crippen LogP contribution in [0.25, 0.3) is 0 Å². The molecule has 0 aromatic heterocycles. The zero-order valence-corrected chi connectivity index (χ0v) is 15.4. The van der Waals surface area contributed by atoms with Crippen LogP contribution < -0.4 is 25.4 Å². The molecule has 138 valence electrons. The summed E-state index contributed by atoms with van der Waals surface area (Å²) in [6, 6.07) is 5.82. The van der Waals surface area contributed by atoms with Crippen molar-refractivity contribution >= 4 is 11.9 Å². The van der Waals surface area contributed by atoms with Crippen LogP contribution in [0.5, 0.6) is 11.5 Å². The van der Waals surface area contributed by atoms with Crippen LogP contribution in [0.15, 0.2) is 23.2 Å². The third-order valence-corrected chi connectivity index (χ3v) is 3.59. The van der Waals surface area contributed by atoms with E-state index in [2.05, 4.69) is 20.9 Å². The highest BCUT2D eigenvalue weighted by Crippen LogP contribution is 2.32. The van der Waals surface area contributed by atoms with Crippen LogP contribution >= 0.6 is 0 Å². The Kier molecular flexibility index (Phi) is 6.50. The van der Waals surface area contributed by atoms with Crippen molar-refractivity contribution in [3.05, 3.63) is 23.8 Å². The van der Waals surface area contributed by atoms with Crippen LogP contribution in [0, 0.1) is 5.41 Å². The first-order valence-corrected chi connectivity index (χ1v) is 8.59. The minimum Gasteiger partial charge on any atom is -0.454 e. The van der Waals surface area contributed by atoms with E-state index in [9.17, 15) is 4.79 Å². The monoisotopic (exact) mass is 348 g/mol. The minimum absolute atomic E-state index is 0.0385. The van der Waals surface area contributed by atoms with Gasteiger partial charge in [-0.2, -0.15) is 0 Å². The van der Waals surface area contributed by atoms with Gasteiger partial charge >= 0.3 is 0 Å². The van der Waals surface area contributed by atoms with Gasteiger partial charge in [0.1, 0.15) is 0 Å². The van der Waals surface area contributed by atoms with E-state index < -0.39 is 0 Å². The molecule has 2 rings (SSSR count). The van der Waals surface area contributed by atoms with Crippen LogP contribution in [0.2, 0.25) is 0 Å². The van der Waals surface area contributed by atoms with Gasteiger partial charge in [0.15, 0.2) is 17.5 Å². The summed E-state index contributed by atoms with van der Waals surface area (Å²) in [7, 11) is 0. The first-order valence-electron chi connectivity index (χ1n) is 8.59. The van der Waals surface area contributed by atoms with E-state index in [-0.39, 0.29) is 18.1 Å². The Hall–Kier alpha value is -2.44. The molecule has 25 heavy (non-hydrogen) atoms. The van der Waals surface area contributed by atoms with E-state index in [1.165, 1.54) is 0 Å². The number of guanidine groups is 1. The van der Waals surface area contributed by atoms with E-state index in [0.29, 0.717) is 25.6 Å². The lowest BCUT2D eigenvalue weighted by molar-refractivity contribution is -0.128. The van der Waals surface area contributed by atoms with E-state index in [1.54, 1.807) is 0 Å². The fraction of sp³-hybridized carbons (Fsp3) is 0.556. The molecule has 0 atom stereocenters. The van der Waals surface area contributed by atoms with Crippen molar-refractivity contribution in [1.82, 2.24) is 16.0 Å². The Morgan fingerprint density at radius 3 is 2.56 bits per heavy atom. The SMILES string of the molecule is CCNC(=NCc1ccc2c(c1)OCO2)NCCNC(=O)C(C)(C)C. The predicted molar refractivity (Wildman–Crippen MR) is 97.8 cm³/mol. The highest BCUT2D eigenvalue weighted by Gasteiger charge is 2.20. The predicted octanol–water partition coefficient (Wildman–Crippen LogP) is 1.63. The van der Waals surface area contributed by atoms with E-state index in [4.69, 9.17) is 9.47 Å². The molecule has 1 aromatic rings. The highest BCUT2D eigenvalue weighted by molar-refractivity contribution is 5.81. The van der Waals surface area contributed by atoms with Gasteiger partial charge in [0.05, 0.1) is 6.54 Å².